The minimum atomic E-state index is -4.32. The molecule has 0 heterocycles. The first-order chi connectivity index (χ1) is 9.38. The van der Waals surface area contributed by atoms with Crippen molar-refractivity contribution in [2.24, 2.45) is 0 Å². The van der Waals surface area contributed by atoms with Crippen LogP contribution in [0.25, 0.3) is 0 Å². The van der Waals surface area contributed by atoms with Crippen molar-refractivity contribution in [1.29, 1.82) is 0 Å². The molecule has 2 aromatic rings. The summed E-state index contributed by atoms with van der Waals surface area (Å²) in [5, 5.41) is 0. The molecular weight excluding hydrogens is 283 g/mol. The van der Waals surface area contributed by atoms with Gasteiger partial charge in [-0.05, 0) is 36.2 Å². The lowest BCUT2D eigenvalue weighted by atomic mass is 10.1. The van der Waals surface area contributed by atoms with E-state index in [0.29, 0.717) is 5.69 Å². The van der Waals surface area contributed by atoms with Gasteiger partial charge in [-0.2, -0.15) is 13.2 Å². The van der Waals surface area contributed by atoms with Gasteiger partial charge in [0.05, 0.1) is 5.56 Å². The Morgan fingerprint density at radius 3 is 2.45 bits per heavy atom. The topological polar surface area (TPSA) is 26.0 Å². The van der Waals surface area contributed by atoms with E-state index in [-0.39, 0.29) is 11.3 Å². The second-order valence-corrected chi connectivity index (χ2v) is 5.50. The van der Waals surface area contributed by atoms with Crippen LogP contribution < -0.4 is 5.73 Å². The van der Waals surface area contributed by atoms with Crippen molar-refractivity contribution >= 4 is 17.4 Å². The maximum Gasteiger partial charge on any atom is 0.416 e. The minimum Gasteiger partial charge on any atom is -0.398 e. The number of aryl methyl sites for hydroxylation is 1. The van der Waals surface area contributed by atoms with Crippen molar-refractivity contribution in [3.05, 3.63) is 59.2 Å². The first-order valence-electron chi connectivity index (χ1n) is 6.02. The summed E-state index contributed by atoms with van der Waals surface area (Å²) in [4.78, 5) is 0.799. The molecule has 0 spiro atoms. The lowest BCUT2D eigenvalue weighted by Gasteiger charge is -2.13. The van der Waals surface area contributed by atoms with Crippen molar-refractivity contribution in [2.45, 2.75) is 23.7 Å². The summed E-state index contributed by atoms with van der Waals surface area (Å²) in [5.74, 6) is 0.239. The van der Waals surface area contributed by atoms with Crippen molar-refractivity contribution < 1.29 is 13.2 Å². The van der Waals surface area contributed by atoms with Crippen LogP contribution in [0.3, 0.4) is 0 Å². The second-order valence-electron chi connectivity index (χ2n) is 4.48. The molecule has 0 aliphatic heterocycles. The van der Waals surface area contributed by atoms with Gasteiger partial charge < -0.3 is 5.73 Å². The number of nitrogen functional groups attached to an aromatic ring is 1. The van der Waals surface area contributed by atoms with Gasteiger partial charge in [0.15, 0.2) is 0 Å². The zero-order valence-corrected chi connectivity index (χ0v) is 11.7. The summed E-state index contributed by atoms with van der Waals surface area (Å²) in [5.41, 5.74) is 7.18. The fourth-order valence-electron chi connectivity index (χ4n) is 1.88. The zero-order chi connectivity index (χ0) is 14.8. The van der Waals surface area contributed by atoms with Gasteiger partial charge in [0.2, 0.25) is 0 Å². The molecule has 0 amide bonds. The zero-order valence-electron chi connectivity index (χ0n) is 10.9. The van der Waals surface area contributed by atoms with Gasteiger partial charge in [-0.25, -0.2) is 0 Å². The number of rotatable bonds is 3. The largest absolute Gasteiger partial charge is 0.416 e. The highest BCUT2D eigenvalue weighted by molar-refractivity contribution is 7.98. The summed E-state index contributed by atoms with van der Waals surface area (Å²) in [6.07, 6.45) is -4.32. The van der Waals surface area contributed by atoms with Crippen LogP contribution >= 0.6 is 11.8 Å². The molecule has 0 atom stereocenters. The van der Waals surface area contributed by atoms with E-state index in [2.05, 4.69) is 0 Å². The smallest absolute Gasteiger partial charge is 0.398 e. The molecule has 0 unspecified atom stereocenters. The fraction of sp³-hybridized carbons (Fsp3) is 0.200. The van der Waals surface area contributed by atoms with Crippen molar-refractivity contribution in [2.75, 3.05) is 5.73 Å². The molecule has 0 bridgehead atoms. The lowest BCUT2D eigenvalue weighted by molar-refractivity contribution is -0.138. The third-order valence-electron chi connectivity index (χ3n) is 2.87. The Balaban J connectivity index is 2.19. The van der Waals surface area contributed by atoms with E-state index in [0.717, 1.165) is 16.5 Å². The predicted molar refractivity (Wildman–Crippen MR) is 76.6 cm³/mol. The number of hydrogen-bond donors (Lipinski definition) is 1. The van der Waals surface area contributed by atoms with Crippen LogP contribution in [-0.2, 0) is 11.9 Å². The molecule has 0 aromatic heterocycles. The number of nitrogens with two attached hydrogens (primary N) is 1. The molecule has 20 heavy (non-hydrogen) atoms. The molecule has 0 saturated carbocycles. The normalized spacial score (nSPS) is 11.6. The number of halogens is 3. The molecule has 0 saturated heterocycles. The molecule has 2 rings (SSSR count). The number of anilines is 1. The van der Waals surface area contributed by atoms with E-state index in [1.807, 2.05) is 25.1 Å². The van der Waals surface area contributed by atoms with Crippen molar-refractivity contribution in [1.82, 2.24) is 0 Å². The van der Waals surface area contributed by atoms with E-state index in [4.69, 9.17) is 5.73 Å². The summed E-state index contributed by atoms with van der Waals surface area (Å²) >= 11 is 1.31. The summed E-state index contributed by atoms with van der Waals surface area (Å²) in [7, 11) is 0. The first-order valence-corrected chi connectivity index (χ1v) is 7.00. The summed E-state index contributed by atoms with van der Waals surface area (Å²) in [6, 6.07) is 11.2. The maximum absolute atomic E-state index is 12.9. The second kappa shape index (κ2) is 5.79. The molecule has 0 fully saturated rings. The predicted octanol–water partition coefficient (Wildman–Crippen LogP) is 4.89. The molecule has 106 valence electrons. The molecule has 5 heteroatoms. The van der Waals surface area contributed by atoms with E-state index in [1.54, 1.807) is 6.07 Å². The Bertz CT molecular complexity index is 608. The van der Waals surface area contributed by atoms with Crippen LogP contribution in [0, 0.1) is 6.92 Å². The van der Waals surface area contributed by atoms with Gasteiger partial charge in [-0.15, -0.1) is 11.8 Å². The van der Waals surface area contributed by atoms with Gasteiger partial charge in [0.25, 0.3) is 0 Å². The maximum atomic E-state index is 12.9. The van der Waals surface area contributed by atoms with Crippen molar-refractivity contribution in [3.63, 3.8) is 0 Å². The number of hydrogen-bond acceptors (Lipinski definition) is 2. The standard InChI is InChI=1S/C15H14F3NS/c1-10-6-7-14(13(19)8-10)20-9-11-4-2-3-5-12(11)15(16,17)18/h2-8H,9,19H2,1H3. The van der Waals surface area contributed by atoms with Gasteiger partial charge in [-0.3, -0.25) is 0 Å². The third kappa shape index (κ3) is 3.48. The Labute approximate surface area is 120 Å². The van der Waals surface area contributed by atoms with Crippen LogP contribution in [0.5, 0.6) is 0 Å². The fourth-order valence-corrected chi connectivity index (χ4v) is 2.83. The number of alkyl halides is 3. The summed E-state index contributed by atoms with van der Waals surface area (Å²) in [6.45, 7) is 1.92. The average molecular weight is 297 g/mol. The quantitative estimate of drug-likeness (QED) is 0.645. The highest BCUT2D eigenvalue weighted by Crippen LogP contribution is 2.35. The molecule has 1 nitrogen and oxygen atoms in total. The molecule has 0 radical (unpaired) electrons. The minimum absolute atomic E-state index is 0.239. The van der Waals surface area contributed by atoms with E-state index < -0.39 is 11.7 Å². The highest BCUT2D eigenvalue weighted by atomic mass is 32.2. The van der Waals surface area contributed by atoms with Crippen molar-refractivity contribution in [3.8, 4) is 0 Å². The molecule has 2 aromatic carbocycles. The van der Waals surface area contributed by atoms with Crippen LogP contribution in [0.15, 0.2) is 47.4 Å². The van der Waals surface area contributed by atoms with E-state index in [9.17, 15) is 13.2 Å². The molecule has 2 N–H and O–H groups in total. The average Bonchev–Trinajstić information content (AvgIpc) is 2.37. The van der Waals surface area contributed by atoms with E-state index >= 15 is 0 Å². The highest BCUT2D eigenvalue weighted by Gasteiger charge is 2.32. The molecule has 0 aliphatic rings. The number of thioether (sulfide) groups is 1. The van der Waals surface area contributed by atoms with E-state index in [1.165, 1.54) is 23.9 Å². The molecule has 0 aliphatic carbocycles. The Hall–Kier alpha value is -1.62. The van der Waals surface area contributed by atoms with Gasteiger partial charge in [-0.1, -0.05) is 24.3 Å². The SMILES string of the molecule is Cc1ccc(SCc2ccccc2C(F)(F)F)c(N)c1. The van der Waals surface area contributed by atoms with Gasteiger partial charge in [0, 0.05) is 16.3 Å². The Morgan fingerprint density at radius 1 is 1.10 bits per heavy atom. The first kappa shape index (κ1) is 14.8. The van der Waals surface area contributed by atoms with Crippen LogP contribution in [0.2, 0.25) is 0 Å². The summed E-state index contributed by atoms with van der Waals surface area (Å²) < 4.78 is 38.6. The Morgan fingerprint density at radius 2 is 1.80 bits per heavy atom. The van der Waals surface area contributed by atoms with Gasteiger partial charge >= 0.3 is 6.18 Å². The van der Waals surface area contributed by atoms with Crippen LogP contribution in [-0.4, -0.2) is 0 Å². The van der Waals surface area contributed by atoms with Crippen LogP contribution in [0.4, 0.5) is 18.9 Å². The molecular formula is C15H14F3NS. The van der Waals surface area contributed by atoms with Gasteiger partial charge in [0.1, 0.15) is 0 Å². The van der Waals surface area contributed by atoms with Crippen LogP contribution in [0.1, 0.15) is 16.7 Å². The third-order valence-corrected chi connectivity index (χ3v) is 4.01. The Kier molecular flexibility index (Phi) is 4.28. The lowest BCUT2D eigenvalue weighted by Crippen LogP contribution is -2.08. The number of benzene rings is 2. The monoisotopic (exact) mass is 297 g/mol.